The fraction of sp³-hybridized carbons (Fsp3) is 0.889. The second kappa shape index (κ2) is 41.3. The van der Waals surface area contributed by atoms with Gasteiger partial charge in [-0.15, -0.1) is 0 Å². The maximum absolute atomic E-state index is 12.4. The van der Waals surface area contributed by atoms with E-state index in [-0.39, 0.29) is 12.5 Å². The van der Waals surface area contributed by atoms with Gasteiger partial charge in [-0.1, -0.05) is 212 Å². The molecular weight excluding hydrogens is 602 g/mol. The molecule has 49 heavy (non-hydrogen) atoms. The summed E-state index contributed by atoms with van der Waals surface area (Å²) in [5.41, 5.74) is 0. The topological polar surface area (TPSA) is 69.6 Å². The molecule has 0 aromatic rings. The third-order valence-corrected chi connectivity index (χ3v) is 10.2. The van der Waals surface area contributed by atoms with E-state index in [2.05, 4.69) is 31.3 Å². The van der Waals surface area contributed by atoms with Crippen LogP contribution in [-0.4, -0.2) is 34.9 Å². The highest BCUT2D eigenvalue weighted by Gasteiger charge is 2.17. The zero-order valence-electron chi connectivity index (χ0n) is 33.2. The van der Waals surface area contributed by atoms with Crippen molar-refractivity contribution in [1.29, 1.82) is 0 Å². The van der Waals surface area contributed by atoms with Crippen molar-refractivity contribution < 1.29 is 15.0 Å². The molecule has 0 bridgehead atoms. The fourth-order valence-electron chi connectivity index (χ4n) is 6.76. The lowest BCUT2D eigenvalue weighted by atomic mass is 10.0. The molecule has 0 saturated carbocycles. The average molecular weight is 690 g/mol. The molecule has 1 amide bonds. The average Bonchev–Trinajstić information content (AvgIpc) is 3.10. The van der Waals surface area contributed by atoms with Crippen LogP contribution in [0.5, 0.6) is 0 Å². The summed E-state index contributed by atoms with van der Waals surface area (Å²) in [6, 6.07) is -0.623. The van der Waals surface area contributed by atoms with Gasteiger partial charge in [0.1, 0.15) is 0 Å². The summed E-state index contributed by atoms with van der Waals surface area (Å²) in [5.74, 6) is -0.0703. The van der Waals surface area contributed by atoms with E-state index in [1.165, 1.54) is 186 Å². The van der Waals surface area contributed by atoms with E-state index in [4.69, 9.17) is 0 Å². The smallest absolute Gasteiger partial charge is 0.220 e. The monoisotopic (exact) mass is 690 g/mol. The second-order valence-corrected chi connectivity index (χ2v) is 15.1. The molecule has 0 rings (SSSR count). The number of unbranched alkanes of at least 4 members (excludes halogenated alkanes) is 31. The van der Waals surface area contributed by atoms with Gasteiger partial charge in [0, 0.05) is 6.42 Å². The molecule has 2 unspecified atom stereocenters. The van der Waals surface area contributed by atoms with Gasteiger partial charge in [-0.25, -0.2) is 0 Å². The molecule has 2 atom stereocenters. The molecule has 0 fully saturated rings. The first-order valence-electron chi connectivity index (χ1n) is 22.1. The lowest BCUT2D eigenvalue weighted by Crippen LogP contribution is -2.45. The lowest BCUT2D eigenvalue weighted by Gasteiger charge is -2.20. The molecule has 0 aliphatic carbocycles. The Morgan fingerprint density at radius 3 is 1.12 bits per heavy atom. The van der Waals surface area contributed by atoms with E-state index < -0.39 is 12.1 Å². The molecule has 0 saturated heterocycles. The minimum atomic E-state index is -0.840. The van der Waals surface area contributed by atoms with Crippen molar-refractivity contribution in [3.8, 4) is 0 Å². The van der Waals surface area contributed by atoms with Crippen LogP contribution in [0.3, 0.4) is 0 Å². The van der Waals surface area contributed by atoms with Gasteiger partial charge in [-0.2, -0.15) is 0 Å². The van der Waals surface area contributed by atoms with Crippen molar-refractivity contribution in [2.75, 3.05) is 6.61 Å². The van der Waals surface area contributed by atoms with Gasteiger partial charge in [0.15, 0.2) is 0 Å². The summed E-state index contributed by atoms with van der Waals surface area (Å²) in [7, 11) is 0. The summed E-state index contributed by atoms with van der Waals surface area (Å²) < 4.78 is 0. The Morgan fingerprint density at radius 1 is 0.469 bits per heavy atom. The summed E-state index contributed by atoms with van der Waals surface area (Å²) in [4.78, 5) is 12.4. The Balaban J connectivity index is 3.57. The Morgan fingerprint density at radius 2 is 0.776 bits per heavy atom. The SMILES string of the molecule is CCCCCCCCCCC/C=C\CCCCCCCC(=O)NC(CO)C(O)/C=C/CCCCCCCCCCCCCCCCCCC. The molecule has 0 radical (unpaired) electrons. The van der Waals surface area contributed by atoms with Crippen LogP contribution < -0.4 is 5.32 Å². The zero-order chi connectivity index (χ0) is 35.7. The van der Waals surface area contributed by atoms with E-state index in [1.54, 1.807) is 6.08 Å². The maximum Gasteiger partial charge on any atom is 0.220 e. The van der Waals surface area contributed by atoms with E-state index in [0.717, 1.165) is 32.1 Å². The highest BCUT2D eigenvalue weighted by Crippen LogP contribution is 2.15. The standard InChI is InChI=1S/C45H87NO3/c1-3-5-7-9-11-13-15-17-19-21-23-24-26-28-30-32-34-36-38-40-44(48)43(42-47)46-45(49)41-39-37-35-33-31-29-27-25-22-20-18-16-14-12-10-8-6-4-2/h25,27,38,40,43-44,47-48H,3-24,26,28-37,39,41-42H2,1-2H3,(H,46,49)/b27-25-,40-38+. The molecule has 290 valence electrons. The normalized spacial score (nSPS) is 13.1. The number of allylic oxidation sites excluding steroid dienone is 3. The van der Waals surface area contributed by atoms with Crippen LogP contribution in [0.25, 0.3) is 0 Å². The largest absolute Gasteiger partial charge is 0.394 e. The van der Waals surface area contributed by atoms with E-state index in [1.807, 2.05) is 6.08 Å². The summed E-state index contributed by atoms with van der Waals surface area (Å²) >= 11 is 0. The summed E-state index contributed by atoms with van der Waals surface area (Å²) in [6.07, 6.45) is 52.8. The van der Waals surface area contributed by atoms with Gasteiger partial charge in [-0.05, 0) is 44.9 Å². The van der Waals surface area contributed by atoms with Gasteiger partial charge < -0.3 is 15.5 Å². The van der Waals surface area contributed by atoms with Crippen LogP contribution in [0.2, 0.25) is 0 Å². The predicted molar refractivity (Wildman–Crippen MR) is 216 cm³/mol. The summed E-state index contributed by atoms with van der Waals surface area (Å²) in [5, 5.41) is 23.0. The maximum atomic E-state index is 12.4. The molecule has 3 N–H and O–H groups in total. The van der Waals surface area contributed by atoms with Gasteiger partial charge in [0.05, 0.1) is 18.8 Å². The van der Waals surface area contributed by atoms with Gasteiger partial charge in [0.2, 0.25) is 5.91 Å². The predicted octanol–water partition coefficient (Wildman–Crippen LogP) is 13.6. The number of nitrogens with one attached hydrogen (secondary N) is 1. The third kappa shape index (κ3) is 37.9. The van der Waals surface area contributed by atoms with E-state index in [0.29, 0.717) is 6.42 Å². The van der Waals surface area contributed by atoms with Crippen LogP contribution in [0, 0.1) is 0 Å². The van der Waals surface area contributed by atoms with Crippen molar-refractivity contribution in [1.82, 2.24) is 5.32 Å². The Labute approximate surface area is 307 Å². The number of hydrogen-bond donors (Lipinski definition) is 3. The van der Waals surface area contributed by atoms with Crippen molar-refractivity contribution >= 4 is 5.91 Å². The minimum absolute atomic E-state index is 0.0703. The number of rotatable bonds is 40. The van der Waals surface area contributed by atoms with Gasteiger partial charge in [-0.3, -0.25) is 4.79 Å². The quantitative estimate of drug-likeness (QED) is 0.0443. The molecule has 0 aromatic heterocycles. The van der Waals surface area contributed by atoms with Crippen molar-refractivity contribution in [3.63, 3.8) is 0 Å². The molecular formula is C45H87NO3. The molecule has 0 heterocycles. The zero-order valence-corrected chi connectivity index (χ0v) is 33.2. The number of hydrogen-bond acceptors (Lipinski definition) is 3. The van der Waals surface area contributed by atoms with Crippen LogP contribution in [-0.2, 0) is 4.79 Å². The van der Waals surface area contributed by atoms with E-state index >= 15 is 0 Å². The van der Waals surface area contributed by atoms with Crippen LogP contribution in [0.15, 0.2) is 24.3 Å². The van der Waals surface area contributed by atoms with Gasteiger partial charge >= 0.3 is 0 Å². The Bertz CT molecular complexity index is 705. The third-order valence-electron chi connectivity index (χ3n) is 10.2. The number of carbonyl (C=O) groups is 1. The highest BCUT2D eigenvalue weighted by molar-refractivity contribution is 5.76. The molecule has 0 spiro atoms. The second-order valence-electron chi connectivity index (χ2n) is 15.1. The number of aliphatic hydroxyl groups excluding tert-OH is 2. The molecule has 4 nitrogen and oxygen atoms in total. The molecule has 0 aliphatic heterocycles. The lowest BCUT2D eigenvalue weighted by molar-refractivity contribution is -0.123. The van der Waals surface area contributed by atoms with E-state index in [9.17, 15) is 15.0 Å². The van der Waals surface area contributed by atoms with Crippen LogP contribution in [0.1, 0.15) is 239 Å². The number of carbonyl (C=O) groups excluding carboxylic acids is 1. The summed E-state index contributed by atoms with van der Waals surface area (Å²) in [6.45, 7) is 4.32. The Hall–Kier alpha value is -1.13. The first-order chi connectivity index (χ1) is 24.2. The number of aliphatic hydroxyl groups is 2. The molecule has 4 heteroatoms. The number of amides is 1. The molecule has 0 aliphatic rings. The molecule has 0 aromatic carbocycles. The first-order valence-corrected chi connectivity index (χ1v) is 22.1. The fourth-order valence-corrected chi connectivity index (χ4v) is 6.76. The van der Waals surface area contributed by atoms with Gasteiger partial charge in [0.25, 0.3) is 0 Å². The van der Waals surface area contributed by atoms with Crippen molar-refractivity contribution in [3.05, 3.63) is 24.3 Å². The Kier molecular flexibility index (Phi) is 40.3. The minimum Gasteiger partial charge on any atom is -0.394 e. The highest BCUT2D eigenvalue weighted by atomic mass is 16.3. The van der Waals surface area contributed by atoms with Crippen molar-refractivity contribution in [2.45, 2.75) is 251 Å². The van der Waals surface area contributed by atoms with Crippen LogP contribution in [0.4, 0.5) is 0 Å². The van der Waals surface area contributed by atoms with Crippen LogP contribution >= 0.6 is 0 Å². The first kappa shape index (κ1) is 47.9. The van der Waals surface area contributed by atoms with Crippen molar-refractivity contribution in [2.24, 2.45) is 0 Å².